The van der Waals surface area contributed by atoms with E-state index in [-0.39, 0.29) is 18.4 Å². The van der Waals surface area contributed by atoms with Crippen molar-refractivity contribution < 1.29 is 9.59 Å². The van der Waals surface area contributed by atoms with Gasteiger partial charge in [-0.05, 0) is 18.1 Å². The van der Waals surface area contributed by atoms with Crippen LogP contribution in [0.5, 0.6) is 0 Å². The minimum atomic E-state index is -0.663. The minimum Gasteiger partial charge on any atom is -0.347 e. The first-order valence-corrected chi connectivity index (χ1v) is 6.01. The Bertz CT molecular complexity index is 434. The van der Waals surface area contributed by atoms with Crippen LogP contribution in [0.1, 0.15) is 5.56 Å². The van der Waals surface area contributed by atoms with E-state index in [1.807, 2.05) is 6.07 Å². The van der Waals surface area contributed by atoms with E-state index in [4.69, 9.17) is 5.73 Å². The molecule has 0 aliphatic rings. The number of hydrogen-bond acceptors (Lipinski definition) is 4. The van der Waals surface area contributed by atoms with Crippen molar-refractivity contribution in [1.29, 1.82) is 0 Å². The van der Waals surface area contributed by atoms with E-state index >= 15 is 0 Å². The van der Waals surface area contributed by atoms with E-state index in [2.05, 4.69) is 4.98 Å². The fourth-order valence-corrected chi connectivity index (χ4v) is 1.57. The number of amides is 2. The van der Waals surface area contributed by atoms with Crippen LogP contribution in [0.15, 0.2) is 24.5 Å². The van der Waals surface area contributed by atoms with Gasteiger partial charge < -0.3 is 15.5 Å². The molecule has 0 aliphatic heterocycles. The first kappa shape index (κ1) is 15.1. The van der Waals surface area contributed by atoms with Gasteiger partial charge >= 0.3 is 0 Å². The lowest BCUT2D eigenvalue weighted by atomic mass is 10.1. The van der Waals surface area contributed by atoms with Crippen molar-refractivity contribution >= 4 is 11.8 Å². The predicted octanol–water partition coefficient (Wildman–Crippen LogP) is -0.502. The second kappa shape index (κ2) is 6.84. The molecule has 1 unspecified atom stereocenters. The largest absolute Gasteiger partial charge is 0.347 e. The Morgan fingerprint density at radius 1 is 1.37 bits per heavy atom. The molecule has 104 valence electrons. The van der Waals surface area contributed by atoms with Gasteiger partial charge in [0.15, 0.2) is 0 Å². The zero-order chi connectivity index (χ0) is 14.4. The molecule has 6 nitrogen and oxygen atoms in total. The van der Waals surface area contributed by atoms with Crippen molar-refractivity contribution in [3.63, 3.8) is 0 Å². The van der Waals surface area contributed by atoms with Gasteiger partial charge in [-0.3, -0.25) is 14.6 Å². The number of nitrogens with two attached hydrogens (primary N) is 1. The summed E-state index contributed by atoms with van der Waals surface area (Å²) < 4.78 is 0. The number of pyridine rings is 1. The summed E-state index contributed by atoms with van der Waals surface area (Å²) >= 11 is 0. The number of rotatable bonds is 5. The monoisotopic (exact) mass is 264 g/mol. The smallest absolute Gasteiger partial charge is 0.241 e. The second-order valence-electron chi connectivity index (χ2n) is 4.65. The molecule has 1 atom stereocenters. The quantitative estimate of drug-likeness (QED) is 0.777. The molecule has 0 aliphatic carbocycles. The lowest BCUT2D eigenvalue weighted by molar-refractivity contribution is -0.138. The molecule has 2 N–H and O–H groups in total. The van der Waals surface area contributed by atoms with Gasteiger partial charge in [-0.25, -0.2) is 0 Å². The molecule has 0 saturated carbocycles. The Morgan fingerprint density at radius 3 is 2.58 bits per heavy atom. The van der Waals surface area contributed by atoms with E-state index in [1.54, 1.807) is 39.6 Å². The van der Waals surface area contributed by atoms with Crippen LogP contribution in [0, 0.1) is 0 Å². The SMILES string of the molecule is CN(C)C(=O)CN(C)C(=O)C(N)Cc1cccnc1. The molecule has 19 heavy (non-hydrogen) atoms. The molecule has 0 saturated heterocycles. The number of likely N-dealkylation sites (N-methyl/N-ethyl adjacent to an activating group) is 2. The summed E-state index contributed by atoms with van der Waals surface area (Å²) in [6.45, 7) is 0.0343. The van der Waals surface area contributed by atoms with E-state index < -0.39 is 6.04 Å². The Labute approximate surface area is 113 Å². The highest BCUT2D eigenvalue weighted by Gasteiger charge is 2.20. The Kier molecular flexibility index (Phi) is 5.44. The summed E-state index contributed by atoms with van der Waals surface area (Å²) in [5.41, 5.74) is 6.76. The highest BCUT2D eigenvalue weighted by atomic mass is 16.2. The van der Waals surface area contributed by atoms with Crippen LogP contribution in [0.2, 0.25) is 0 Å². The highest BCUT2D eigenvalue weighted by molar-refractivity contribution is 5.87. The number of carbonyl (C=O) groups is 2. The Hall–Kier alpha value is -1.95. The molecule has 0 spiro atoms. The molecule has 1 aromatic rings. The summed E-state index contributed by atoms with van der Waals surface area (Å²) in [5, 5.41) is 0. The van der Waals surface area contributed by atoms with Crippen LogP contribution in [0.3, 0.4) is 0 Å². The van der Waals surface area contributed by atoms with Crippen molar-refractivity contribution in [2.75, 3.05) is 27.7 Å². The van der Waals surface area contributed by atoms with Crippen LogP contribution in [-0.2, 0) is 16.0 Å². The summed E-state index contributed by atoms with van der Waals surface area (Å²) in [6.07, 6.45) is 3.75. The van der Waals surface area contributed by atoms with Crippen LogP contribution >= 0.6 is 0 Å². The molecule has 6 heteroatoms. The number of carbonyl (C=O) groups excluding carboxylic acids is 2. The third-order valence-corrected chi connectivity index (χ3v) is 2.74. The fraction of sp³-hybridized carbons (Fsp3) is 0.462. The number of hydrogen-bond donors (Lipinski definition) is 1. The zero-order valence-electron chi connectivity index (χ0n) is 11.5. The second-order valence-corrected chi connectivity index (χ2v) is 4.65. The van der Waals surface area contributed by atoms with E-state index in [0.717, 1.165) is 5.56 Å². The summed E-state index contributed by atoms with van der Waals surface area (Å²) in [6, 6.07) is 3.00. The zero-order valence-corrected chi connectivity index (χ0v) is 11.5. The molecular formula is C13H20N4O2. The van der Waals surface area contributed by atoms with Gasteiger partial charge in [0.1, 0.15) is 0 Å². The highest BCUT2D eigenvalue weighted by Crippen LogP contribution is 2.02. The molecule has 0 bridgehead atoms. The third kappa shape index (κ3) is 4.67. The lowest BCUT2D eigenvalue weighted by Gasteiger charge is -2.22. The maximum Gasteiger partial charge on any atom is 0.241 e. The molecular weight excluding hydrogens is 244 g/mol. The Morgan fingerprint density at radius 2 is 2.05 bits per heavy atom. The number of aromatic nitrogens is 1. The maximum absolute atomic E-state index is 12.0. The van der Waals surface area contributed by atoms with Gasteiger partial charge in [0, 0.05) is 33.5 Å². The number of nitrogens with zero attached hydrogens (tertiary/aromatic N) is 3. The summed E-state index contributed by atoms with van der Waals surface area (Å²) in [5.74, 6) is -0.386. The van der Waals surface area contributed by atoms with Crippen LogP contribution in [-0.4, -0.2) is 60.3 Å². The van der Waals surface area contributed by atoms with Crippen LogP contribution in [0.4, 0.5) is 0 Å². The average Bonchev–Trinajstić information content (AvgIpc) is 2.38. The van der Waals surface area contributed by atoms with E-state index in [9.17, 15) is 9.59 Å². The van der Waals surface area contributed by atoms with E-state index in [0.29, 0.717) is 6.42 Å². The van der Waals surface area contributed by atoms with Crippen molar-refractivity contribution in [1.82, 2.24) is 14.8 Å². The lowest BCUT2D eigenvalue weighted by Crippen LogP contribution is -2.46. The predicted molar refractivity (Wildman–Crippen MR) is 72.2 cm³/mol. The normalized spacial score (nSPS) is 11.8. The van der Waals surface area contributed by atoms with Crippen molar-refractivity contribution in [3.05, 3.63) is 30.1 Å². The van der Waals surface area contributed by atoms with Crippen LogP contribution in [0.25, 0.3) is 0 Å². The van der Waals surface area contributed by atoms with Gasteiger partial charge in [-0.1, -0.05) is 6.07 Å². The molecule has 2 amide bonds. The summed E-state index contributed by atoms with van der Waals surface area (Å²) in [7, 11) is 4.87. The Balaban J connectivity index is 2.54. The van der Waals surface area contributed by atoms with Gasteiger partial charge in [0.25, 0.3) is 0 Å². The van der Waals surface area contributed by atoms with E-state index in [1.165, 1.54) is 9.80 Å². The van der Waals surface area contributed by atoms with Crippen LogP contribution < -0.4 is 5.73 Å². The molecule has 0 aromatic carbocycles. The van der Waals surface area contributed by atoms with Gasteiger partial charge in [0.2, 0.25) is 11.8 Å². The molecule has 1 rings (SSSR count). The average molecular weight is 264 g/mol. The maximum atomic E-state index is 12.0. The topological polar surface area (TPSA) is 79.5 Å². The molecule has 1 heterocycles. The fourth-order valence-electron chi connectivity index (χ4n) is 1.57. The first-order valence-electron chi connectivity index (χ1n) is 6.01. The summed E-state index contributed by atoms with van der Waals surface area (Å²) in [4.78, 5) is 30.3. The molecule has 1 aromatic heterocycles. The molecule has 0 radical (unpaired) electrons. The van der Waals surface area contributed by atoms with Crippen molar-refractivity contribution in [2.45, 2.75) is 12.5 Å². The van der Waals surface area contributed by atoms with Gasteiger partial charge in [0.05, 0.1) is 12.6 Å². The van der Waals surface area contributed by atoms with Crippen molar-refractivity contribution in [2.24, 2.45) is 5.73 Å². The van der Waals surface area contributed by atoms with Crippen molar-refractivity contribution in [3.8, 4) is 0 Å². The van der Waals surface area contributed by atoms with Gasteiger partial charge in [-0.2, -0.15) is 0 Å². The molecule has 0 fully saturated rings. The standard InChI is InChI=1S/C13H20N4O2/c1-16(2)12(18)9-17(3)13(19)11(14)7-10-5-4-6-15-8-10/h4-6,8,11H,7,9,14H2,1-3H3. The van der Waals surface area contributed by atoms with Gasteiger partial charge in [-0.15, -0.1) is 0 Å². The minimum absolute atomic E-state index is 0.0343. The first-order chi connectivity index (χ1) is 8.91. The third-order valence-electron chi connectivity index (χ3n) is 2.74.